The molecule has 1 saturated heterocycles. The number of nitrogens with zero attached hydrogens (tertiary/aromatic N) is 2. The van der Waals surface area contributed by atoms with Gasteiger partial charge in [0.1, 0.15) is 5.69 Å². The molecular formula is C18H20N4O2. The summed E-state index contributed by atoms with van der Waals surface area (Å²) in [6.07, 6.45) is 3.74. The number of nitrogens with one attached hydrogen (secondary N) is 2. The van der Waals surface area contributed by atoms with Crippen LogP contribution in [0.5, 0.6) is 0 Å². The molecule has 0 spiro atoms. The quantitative estimate of drug-likeness (QED) is 0.906. The summed E-state index contributed by atoms with van der Waals surface area (Å²) in [7, 11) is 0. The van der Waals surface area contributed by atoms with E-state index in [0.29, 0.717) is 5.69 Å². The van der Waals surface area contributed by atoms with Crippen molar-refractivity contribution in [1.29, 1.82) is 0 Å². The molecule has 1 aromatic carbocycles. The van der Waals surface area contributed by atoms with Crippen LogP contribution < -0.4 is 10.6 Å². The lowest BCUT2D eigenvalue weighted by atomic mass is 10.2. The Morgan fingerprint density at radius 2 is 1.75 bits per heavy atom. The molecule has 1 aliphatic rings. The Bertz CT molecular complexity index is 754. The number of aromatic nitrogens is 1. The number of hydrogen-bond donors (Lipinski definition) is 2. The minimum absolute atomic E-state index is 0.0249. The van der Waals surface area contributed by atoms with Crippen molar-refractivity contribution in [3.8, 4) is 0 Å². The fraction of sp³-hybridized carbons (Fsp3) is 0.278. The average molecular weight is 324 g/mol. The molecule has 2 aromatic rings. The van der Waals surface area contributed by atoms with Gasteiger partial charge in [-0.1, -0.05) is 6.07 Å². The Balaban J connectivity index is 1.74. The third kappa shape index (κ3) is 3.90. The van der Waals surface area contributed by atoms with E-state index in [9.17, 15) is 9.59 Å². The standard InChI is InChI=1S/C18H20N4O2/c1-13(23)20-14-5-4-6-15(11-14)21-16-7-8-19-17(12-16)18(24)22-9-2-3-10-22/h4-8,11-12H,2-3,9-10H2,1H3,(H,19,21)(H,20,23). The van der Waals surface area contributed by atoms with Gasteiger partial charge in [0, 0.05) is 43.3 Å². The Morgan fingerprint density at radius 1 is 1.04 bits per heavy atom. The maximum absolute atomic E-state index is 12.4. The monoisotopic (exact) mass is 324 g/mol. The van der Waals surface area contributed by atoms with Crippen LogP contribution in [0.2, 0.25) is 0 Å². The van der Waals surface area contributed by atoms with Crippen molar-refractivity contribution in [2.24, 2.45) is 0 Å². The molecule has 2 amide bonds. The largest absolute Gasteiger partial charge is 0.355 e. The van der Waals surface area contributed by atoms with E-state index in [2.05, 4.69) is 15.6 Å². The van der Waals surface area contributed by atoms with E-state index >= 15 is 0 Å². The second kappa shape index (κ2) is 7.12. The number of carbonyl (C=O) groups excluding carboxylic acids is 2. The molecule has 1 aliphatic heterocycles. The number of anilines is 3. The van der Waals surface area contributed by atoms with Gasteiger partial charge in [-0.3, -0.25) is 14.6 Å². The van der Waals surface area contributed by atoms with E-state index < -0.39 is 0 Å². The SMILES string of the molecule is CC(=O)Nc1cccc(Nc2ccnc(C(=O)N3CCCC3)c2)c1. The molecule has 3 rings (SSSR count). The lowest BCUT2D eigenvalue weighted by Gasteiger charge is -2.15. The predicted molar refractivity (Wildman–Crippen MR) is 93.4 cm³/mol. The third-order valence-corrected chi connectivity index (χ3v) is 3.84. The van der Waals surface area contributed by atoms with Gasteiger partial charge in [0.15, 0.2) is 0 Å². The van der Waals surface area contributed by atoms with Gasteiger partial charge >= 0.3 is 0 Å². The van der Waals surface area contributed by atoms with E-state index in [1.54, 1.807) is 12.3 Å². The fourth-order valence-electron chi connectivity index (χ4n) is 2.75. The van der Waals surface area contributed by atoms with E-state index in [1.165, 1.54) is 6.92 Å². The van der Waals surface area contributed by atoms with Gasteiger partial charge in [-0.05, 0) is 43.2 Å². The summed E-state index contributed by atoms with van der Waals surface area (Å²) in [6.45, 7) is 3.08. The molecule has 1 aromatic heterocycles. The number of likely N-dealkylation sites (tertiary alicyclic amines) is 1. The molecule has 0 radical (unpaired) electrons. The van der Waals surface area contributed by atoms with E-state index in [0.717, 1.165) is 43.0 Å². The number of carbonyl (C=O) groups is 2. The van der Waals surface area contributed by atoms with Crippen LogP contribution >= 0.6 is 0 Å². The molecule has 0 atom stereocenters. The molecule has 0 unspecified atom stereocenters. The van der Waals surface area contributed by atoms with Gasteiger partial charge in [0.25, 0.3) is 5.91 Å². The van der Waals surface area contributed by atoms with Gasteiger partial charge in [0.2, 0.25) is 5.91 Å². The second-order valence-corrected chi connectivity index (χ2v) is 5.82. The zero-order chi connectivity index (χ0) is 16.9. The van der Waals surface area contributed by atoms with Crippen LogP contribution in [0.15, 0.2) is 42.6 Å². The first-order chi connectivity index (χ1) is 11.6. The lowest BCUT2D eigenvalue weighted by Crippen LogP contribution is -2.28. The molecule has 0 bridgehead atoms. The zero-order valence-electron chi connectivity index (χ0n) is 13.6. The van der Waals surface area contributed by atoms with Gasteiger partial charge in [-0.25, -0.2) is 0 Å². The highest BCUT2D eigenvalue weighted by atomic mass is 16.2. The van der Waals surface area contributed by atoms with Gasteiger partial charge in [-0.2, -0.15) is 0 Å². The molecule has 24 heavy (non-hydrogen) atoms. The average Bonchev–Trinajstić information content (AvgIpc) is 3.08. The van der Waals surface area contributed by atoms with Crippen molar-refractivity contribution in [1.82, 2.24) is 9.88 Å². The van der Waals surface area contributed by atoms with Gasteiger partial charge < -0.3 is 15.5 Å². The lowest BCUT2D eigenvalue weighted by molar-refractivity contribution is -0.114. The predicted octanol–water partition coefficient (Wildman–Crippen LogP) is 3.02. The first-order valence-corrected chi connectivity index (χ1v) is 8.02. The number of pyridine rings is 1. The van der Waals surface area contributed by atoms with E-state index in [-0.39, 0.29) is 11.8 Å². The van der Waals surface area contributed by atoms with Crippen LogP contribution in [0.3, 0.4) is 0 Å². The van der Waals surface area contributed by atoms with Crippen LogP contribution in [0.25, 0.3) is 0 Å². The molecule has 6 nitrogen and oxygen atoms in total. The summed E-state index contributed by atoms with van der Waals surface area (Å²) in [5.74, 6) is -0.141. The summed E-state index contributed by atoms with van der Waals surface area (Å²) in [5.41, 5.74) is 2.77. The summed E-state index contributed by atoms with van der Waals surface area (Å²) < 4.78 is 0. The Hall–Kier alpha value is -2.89. The molecule has 0 saturated carbocycles. The van der Waals surface area contributed by atoms with E-state index in [4.69, 9.17) is 0 Å². The fourth-order valence-corrected chi connectivity index (χ4v) is 2.75. The van der Waals surface area contributed by atoms with Crippen LogP contribution in [-0.2, 0) is 4.79 Å². The summed E-state index contributed by atoms with van der Waals surface area (Å²) in [4.78, 5) is 29.6. The van der Waals surface area contributed by atoms with Crippen molar-refractivity contribution < 1.29 is 9.59 Å². The number of hydrogen-bond acceptors (Lipinski definition) is 4. The van der Waals surface area contributed by atoms with Crippen molar-refractivity contribution in [3.05, 3.63) is 48.3 Å². The second-order valence-electron chi connectivity index (χ2n) is 5.82. The highest BCUT2D eigenvalue weighted by Crippen LogP contribution is 2.21. The van der Waals surface area contributed by atoms with E-state index in [1.807, 2.05) is 35.2 Å². The highest BCUT2D eigenvalue weighted by Gasteiger charge is 2.20. The smallest absolute Gasteiger partial charge is 0.272 e. The van der Waals surface area contributed by atoms with Gasteiger partial charge in [-0.15, -0.1) is 0 Å². The number of rotatable bonds is 4. The first-order valence-electron chi connectivity index (χ1n) is 8.02. The minimum Gasteiger partial charge on any atom is -0.355 e. The van der Waals surface area contributed by atoms with Crippen LogP contribution in [0, 0.1) is 0 Å². The highest BCUT2D eigenvalue weighted by molar-refractivity contribution is 5.93. The first kappa shape index (κ1) is 16.0. The van der Waals surface area contributed by atoms with Crippen molar-refractivity contribution in [2.75, 3.05) is 23.7 Å². The number of amides is 2. The minimum atomic E-state index is -0.116. The summed E-state index contributed by atoms with van der Waals surface area (Å²) in [6, 6.07) is 11.0. The van der Waals surface area contributed by atoms with Crippen LogP contribution in [-0.4, -0.2) is 34.8 Å². The molecule has 2 heterocycles. The third-order valence-electron chi connectivity index (χ3n) is 3.84. The zero-order valence-corrected chi connectivity index (χ0v) is 13.6. The summed E-state index contributed by atoms with van der Waals surface area (Å²) >= 11 is 0. The molecule has 1 fully saturated rings. The maximum Gasteiger partial charge on any atom is 0.272 e. The van der Waals surface area contributed by atoms with Crippen LogP contribution in [0.4, 0.5) is 17.1 Å². The normalized spacial score (nSPS) is 13.6. The van der Waals surface area contributed by atoms with Crippen LogP contribution in [0.1, 0.15) is 30.3 Å². The molecule has 6 heteroatoms. The molecule has 2 N–H and O–H groups in total. The Kier molecular flexibility index (Phi) is 4.74. The molecular weight excluding hydrogens is 304 g/mol. The van der Waals surface area contributed by atoms with Crippen molar-refractivity contribution in [2.45, 2.75) is 19.8 Å². The molecule has 0 aliphatic carbocycles. The Labute approximate surface area is 140 Å². The number of benzene rings is 1. The van der Waals surface area contributed by atoms with Crippen molar-refractivity contribution >= 4 is 28.9 Å². The summed E-state index contributed by atoms with van der Waals surface area (Å²) in [5, 5.41) is 5.99. The topological polar surface area (TPSA) is 74.3 Å². The Morgan fingerprint density at radius 3 is 2.50 bits per heavy atom. The van der Waals surface area contributed by atoms with Crippen molar-refractivity contribution in [3.63, 3.8) is 0 Å². The molecule has 124 valence electrons. The maximum atomic E-state index is 12.4. The van der Waals surface area contributed by atoms with Gasteiger partial charge in [0.05, 0.1) is 0 Å².